The molecule has 0 spiro atoms. The molecule has 1 aromatic carbocycles. The topological polar surface area (TPSA) is 43.4 Å². The van der Waals surface area contributed by atoms with Crippen molar-refractivity contribution in [3.63, 3.8) is 0 Å². The lowest BCUT2D eigenvalue weighted by Crippen LogP contribution is -2.22. The number of hydrogen-bond acceptors (Lipinski definition) is 3. The molecule has 0 bridgehead atoms. The van der Waals surface area contributed by atoms with E-state index in [1.165, 1.54) is 0 Å². The fourth-order valence-corrected chi connectivity index (χ4v) is 2.42. The standard InChI is InChI=1S/C14H12O3/c1-14(2)7-10-12(16)11(15)8-5-3-4-6-9(8)13(10)17-14/h3-6H,7H2,1-2H3. The van der Waals surface area contributed by atoms with E-state index in [9.17, 15) is 9.59 Å². The van der Waals surface area contributed by atoms with Crippen LogP contribution in [0.2, 0.25) is 0 Å². The predicted octanol–water partition coefficient (Wildman–Crippen LogP) is 2.36. The van der Waals surface area contributed by atoms with E-state index in [4.69, 9.17) is 4.74 Å². The zero-order valence-electron chi connectivity index (χ0n) is 9.74. The van der Waals surface area contributed by atoms with Gasteiger partial charge in [0.1, 0.15) is 11.4 Å². The second kappa shape index (κ2) is 3.06. The highest BCUT2D eigenvalue weighted by Crippen LogP contribution is 2.43. The number of carbonyl (C=O) groups excluding carboxylic acids is 2. The fraction of sp³-hybridized carbons (Fsp3) is 0.286. The van der Waals surface area contributed by atoms with E-state index in [1.807, 2.05) is 26.0 Å². The van der Waals surface area contributed by atoms with Crippen LogP contribution in [0.3, 0.4) is 0 Å². The molecule has 0 N–H and O–H groups in total. The summed E-state index contributed by atoms with van der Waals surface area (Å²) in [5, 5.41) is 0. The molecule has 0 amide bonds. The smallest absolute Gasteiger partial charge is 0.234 e. The summed E-state index contributed by atoms with van der Waals surface area (Å²) in [6, 6.07) is 7.11. The Morgan fingerprint density at radius 3 is 2.41 bits per heavy atom. The highest BCUT2D eigenvalue weighted by atomic mass is 16.5. The quantitative estimate of drug-likeness (QED) is 0.640. The minimum Gasteiger partial charge on any atom is -0.486 e. The number of ether oxygens (including phenoxy) is 1. The molecule has 1 aliphatic heterocycles. The summed E-state index contributed by atoms with van der Waals surface area (Å²) in [5.41, 5.74) is 1.32. The van der Waals surface area contributed by atoms with Crippen LogP contribution in [0.25, 0.3) is 5.76 Å². The molecule has 0 aromatic heterocycles. The first-order valence-corrected chi connectivity index (χ1v) is 5.60. The SMILES string of the molecule is CC1(C)CC2=C(O1)c1ccccc1C(=O)C2=O. The molecular weight excluding hydrogens is 216 g/mol. The van der Waals surface area contributed by atoms with Crippen LogP contribution in [0.15, 0.2) is 29.8 Å². The largest absolute Gasteiger partial charge is 0.486 e. The van der Waals surface area contributed by atoms with Crippen LogP contribution < -0.4 is 0 Å². The van der Waals surface area contributed by atoms with Crippen molar-refractivity contribution in [1.29, 1.82) is 0 Å². The molecule has 0 unspecified atom stereocenters. The van der Waals surface area contributed by atoms with Gasteiger partial charge < -0.3 is 4.74 Å². The van der Waals surface area contributed by atoms with Gasteiger partial charge in [-0.25, -0.2) is 0 Å². The van der Waals surface area contributed by atoms with E-state index in [0.717, 1.165) is 5.56 Å². The first-order valence-electron chi connectivity index (χ1n) is 5.60. The first-order chi connectivity index (χ1) is 7.99. The molecule has 2 aliphatic rings. The van der Waals surface area contributed by atoms with Crippen molar-refractivity contribution in [2.45, 2.75) is 25.9 Å². The van der Waals surface area contributed by atoms with E-state index in [-0.39, 0.29) is 0 Å². The highest BCUT2D eigenvalue weighted by Gasteiger charge is 2.42. The van der Waals surface area contributed by atoms with E-state index in [0.29, 0.717) is 23.3 Å². The number of fused-ring (bicyclic) bond motifs is 2. The van der Waals surface area contributed by atoms with Gasteiger partial charge in [0, 0.05) is 17.5 Å². The van der Waals surface area contributed by atoms with Gasteiger partial charge in [-0.05, 0) is 13.8 Å². The average molecular weight is 228 g/mol. The van der Waals surface area contributed by atoms with Gasteiger partial charge in [-0.3, -0.25) is 9.59 Å². The fourth-order valence-electron chi connectivity index (χ4n) is 2.42. The lowest BCUT2D eigenvalue weighted by molar-refractivity contribution is -0.112. The normalized spacial score (nSPS) is 21.1. The molecule has 3 nitrogen and oxygen atoms in total. The number of hydrogen-bond donors (Lipinski definition) is 0. The average Bonchev–Trinajstić information content (AvgIpc) is 2.62. The number of Topliss-reactive ketones (excluding diaryl/α,β-unsaturated/α-hetero) is 2. The first kappa shape index (κ1) is 10.3. The van der Waals surface area contributed by atoms with E-state index in [1.54, 1.807) is 12.1 Å². The molecule has 3 rings (SSSR count). The number of benzene rings is 1. The molecule has 0 saturated heterocycles. The molecule has 0 saturated carbocycles. The van der Waals surface area contributed by atoms with Crippen LogP contribution in [-0.4, -0.2) is 17.2 Å². The summed E-state index contributed by atoms with van der Waals surface area (Å²) >= 11 is 0. The Balaban J connectivity index is 2.24. The van der Waals surface area contributed by atoms with Crippen LogP contribution in [0.1, 0.15) is 36.2 Å². The van der Waals surface area contributed by atoms with Crippen LogP contribution in [0, 0.1) is 0 Å². The van der Waals surface area contributed by atoms with Gasteiger partial charge in [0.2, 0.25) is 11.6 Å². The maximum absolute atomic E-state index is 12.0. The van der Waals surface area contributed by atoms with Gasteiger partial charge in [0.15, 0.2) is 0 Å². The van der Waals surface area contributed by atoms with Crippen molar-refractivity contribution in [3.05, 3.63) is 41.0 Å². The Labute approximate surface area is 99.1 Å². The summed E-state index contributed by atoms with van der Waals surface area (Å²) in [7, 11) is 0. The van der Waals surface area contributed by atoms with E-state index >= 15 is 0 Å². The Morgan fingerprint density at radius 2 is 1.71 bits per heavy atom. The molecule has 17 heavy (non-hydrogen) atoms. The van der Waals surface area contributed by atoms with E-state index in [2.05, 4.69) is 0 Å². The third-order valence-electron chi connectivity index (χ3n) is 3.15. The van der Waals surface area contributed by atoms with Crippen LogP contribution in [0.4, 0.5) is 0 Å². The second-order valence-corrected chi connectivity index (χ2v) is 5.05. The molecule has 86 valence electrons. The summed E-state index contributed by atoms with van der Waals surface area (Å²) in [5.74, 6) is -0.236. The molecule has 3 heteroatoms. The molecule has 1 aromatic rings. The van der Waals surface area contributed by atoms with Crippen molar-refractivity contribution in [2.75, 3.05) is 0 Å². The molecule has 1 heterocycles. The zero-order chi connectivity index (χ0) is 12.2. The highest BCUT2D eigenvalue weighted by molar-refractivity contribution is 6.52. The van der Waals surface area contributed by atoms with Crippen LogP contribution in [0.5, 0.6) is 0 Å². The third-order valence-corrected chi connectivity index (χ3v) is 3.15. The van der Waals surface area contributed by atoms with Gasteiger partial charge >= 0.3 is 0 Å². The lowest BCUT2D eigenvalue weighted by atomic mass is 9.86. The monoisotopic (exact) mass is 228 g/mol. The molecular formula is C14H12O3. The number of rotatable bonds is 0. The number of carbonyl (C=O) groups is 2. The van der Waals surface area contributed by atoms with Gasteiger partial charge in [-0.2, -0.15) is 0 Å². The van der Waals surface area contributed by atoms with Gasteiger partial charge in [-0.1, -0.05) is 24.3 Å². The van der Waals surface area contributed by atoms with Crippen molar-refractivity contribution in [3.8, 4) is 0 Å². The van der Waals surface area contributed by atoms with Crippen LogP contribution >= 0.6 is 0 Å². The minimum atomic E-state index is -0.416. The van der Waals surface area contributed by atoms with Crippen molar-refractivity contribution in [2.24, 2.45) is 0 Å². The van der Waals surface area contributed by atoms with Gasteiger partial charge in [0.25, 0.3) is 0 Å². The lowest BCUT2D eigenvalue weighted by Gasteiger charge is -2.20. The molecule has 1 aliphatic carbocycles. The van der Waals surface area contributed by atoms with Crippen molar-refractivity contribution < 1.29 is 14.3 Å². The maximum Gasteiger partial charge on any atom is 0.234 e. The summed E-state index contributed by atoms with van der Waals surface area (Å²) in [4.78, 5) is 23.9. The zero-order valence-corrected chi connectivity index (χ0v) is 9.74. The Kier molecular flexibility index (Phi) is 1.85. The third kappa shape index (κ3) is 1.35. The Morgan fingerprint density at radius 1 is 1.06 bits per heavy atom. The van der Waals surface area contributed by atoms with Crippen molar-refractivity contribution in [1.82, 2.24) is 0 Å². The summed E-state index contributed by atoms with van der Waals surface area (Å²) < 4.78 is 5.80. The van der Waals surface area contributed by atoms with Gasteiger partial charge in [0.05, 0.1) is 5.57 Å². The number of ketones is 2. The summed E-state index contributed by atoms with van der Waals surface area (Å²) in [6.07, 6.45) is 0.501. The predicted molar refractivity (Wildman–Crippen MR) is 62.5 cm³/mol. The van der Waals surface area contributed by atoms with Gasteiger partial charge in [-0.15, -0.1) is 0 Å². The summed E-state index contributed by atoms with van der Waals surface area (Å²) in [6.45, 7) is 3.84. The van der Waals surface area contributed by atoms with E-state index < -0.39 is 17.2 Å². The van der Waals surface area contributed by atoms with Crippen LogP contribution in [-0.2, 0) is 9.53 Å². The van der Waals surface area contributed by atoms with Crippen molar-refractivity contribution >= 4 is 17.3 Å². The molecule has 0 atom stereocenters. The Hall–Kier alpha value is -1.90. The second-order valence-electron chi connectivity index (χ2n) is 5.05. The Bertz CT molecular complexity index is 579. The molecule has 0 fully saturated rings. The molecule has 0 radical (unpaired) electrons. The minimum absolute atomic E-state index is 0.405. The maximum atomic E-state index is 12.0.